The highest BCUT2D eigenvalue weighted by Gasteiger charge is 2.40. The second kappa shape index (κ2) is 5.36. The van der Waals surface area contributed by atoms with Crippen molar-refractivity contribution in [2.75, 3.05) is 24.7 Å². The predicted octanol–water partition coefficient (Wildman–Crippen LogP) is 2.47. The van der Waals surface area contributed by atoms with Crippen LogP contribution in [0.3, 0.4) is 0 Å². The van der Waals surface area contributed by atoms with Gasteiger partial charge in [0.05, 0.1) is 18.3 Å². The monoisotopic (exact) mass is 270 g/mol. The van der Waals surface area contributed by atoms with Crippen LogP contribution in [0.5, 0.6) is 5.75 Å². The van der Waals surface area contributed by atoms with Crippen molar-refractivity contribution in [2.45, 2.75) is 24.1 Å². The first-order chi connectivity index (χ1) is 8.61. The van der Waals surface area contributed by atoms with Crippen LogP contribution in [0, 0.1) is 5.82 Å². The molecule has 0 aliphatic carbocycles. The Labute approximate surface area is 111 Å². The Bertz CT molecular complexity index is 429. The van der Waals surface area contributed by atoms with Gasteiger partial charge in [-0.25, -0.2) is 4.39 Å². The standard InChI is InChI=1S/C13H19FN2OS/c1-9-13(8-15,5-6-18-9)16-12-7-10(17-2)3-4-11(12)14/h3-4,7,9,16H,5-6,8,15H2,1-2H3. The van der Waals surface area contributed by atoms with Gasteiger partial charge in [0.1, 0.15) is 11.6 Å². The van der Waals surface area contributed by atoms with Crippen molar-refractivity contribution in [3.63, 3.8) is 0 Å². The van der Waals surface area contributed by atoms with Gasteiger partial charge in [0.25, 0.3) is 0 Å². The molecule has 1 saturated heterocycles. The molecule has 2 rings (SSSR count). The van der Waals surface area contributed by atoms with E-state index in [-0.39, 0.29) is 11.4 Å². The number of thioether (sulfide) groups is 1. The van der Waals surface area contributed by atoms with E-state index < -0.39 is 0 Å². The Balaban J connectivity index is 2.27. The molecule has 1 aromatic carbocycles. The molecule has 0 bridgehead atoms. The molecule has 5 heteroatoms. The SMILES string of the molecule is COc1ccc(F)c(NC2(CN)CCSC2C)c1. The van der Waals surface area contributed by atoms with Gasteiger partial charge in [-0.1, -0.05) is 6.92 Å². The quantitative estimate of drug-likeness (QED) is 0.882. The number of ether oxygens (including phenoxy) is 1. The van der Waals surface area contributed by atoms with E-state index in [1.807, 2.05) is 11.8 Å². The summed E-state index contributed by atoms with van der Waals surface area (Å²) in [4.78, 5) is 0. The zero-order chi connectivity index (χ0) is 13.2. The molecule has 0 radical (unpaired) electrons. The summed E-state index contributed by atoms with van der Waals surface area (Å²) >= 11 is 1.87. The maximum Gasteiger partial charge on any atom is 0.146 e. The van der Waals surface area contributed by atoms with E-state index in [0.29, 0.717) is 23.2 Å². The fourth-order valence-corrected chi connectivity index (χ4v) is 3.69. The Morgan fingerprint density at radius 2 is 2.39 bits per heavy atom. The van der Waals surface area contributed by atoms with Crippen LogP contribution in [0.4, 0.5) is 10.1 Å². The van der Waals surface area contributed by atoms with Gasteiger partial charge in [0.15, 0.2) is 0 Å². The zero-order valence-electron chi connectivity index (χ0n) is 10.7. The van der Waals surface area contributed by atoms with Crippen molar-refractivity contribution in [3.8, 4) is 5.75 Å². The maximum absolute atomic E-state index is 13.8. The van der Waals surface area contributed by atoms with Crippen molar-refractivity contribution in [1.29, 1.82) is 0 Å². The van der Waals surface area contributed by atoms with E-state index in [2.05, 4.69) is 12.2 Å². The Hall–Kier alpha value is -0.940. The second-order valence-corrected chi connectivity index (χ2v) is 6.04. The highest BCUT2D eigenvalue weighted by atomic mass is 32.2. The van der Waals surface area contributed by atoms with Crippen molar-refractivity contribution >= 4 is 17.4 Å². The van der Waals surface area contributed by atoms with E-state index in [1.54, 1.807) is 19.2 Å². The minimum Gasteiger partial charge on any atom is -0.497 e. The third-order valence-corrected chi connectivity index (χ3v) is 5.01. The number of methoxy groups -OCH3 is 1. The Morgan fingerprint density at radius 1 is 1.61 bits per heavy atom. The number of anilines is 1. The first kappa shape index (κ1) is 13.5. The van der Waals surface area contributed by atoms with E-state index >= 15 is 0 Å². The highest BCUT2D eigenvalue weighted by Crippen LogP contribution is 2.38. The first-order valence-electron chi connectivity index (χ1n) is 6.05. The number of hydrogen-bond donors (Lipinski definition) is 2. The molecular weight excluding hydrogens is 251 g/mol. The average Bonchev–Trinajstić information content (AvgIpc) is 2.74. The van der Waals surface area contributed by atoms with E-state index in [0.717, 1.165) is 12.2 Å². The topological polar surface area (TPSA) is 47.3 Å². The molecule has 1 heterocycles. The fraction of sp³-hybridized carbons (Fsp3) is 0.538. The van der Waals surface area contributed by atoms with Gasteiger partial charge in [0.2, 0.25) is 0 Å². The van der Waals surface area contributed by atoms with Crippen molar-refractivity contribution in [3.05, 3.63) is 24.0 Å². The second-order valence-electron chi connectivity index (χ2n) is 4.59. The van der Waals surface area contributed by atoms with Crippen LogP contribution in [-0.4, -0.2) is 30.2 Å². The molecule has 100 valence electrons. The third-order valence-electron chi connectivity index (χ3n) is 3.62. The van der Waals surface area contributed by atoms with Gasteiger partial charge in [-0.3, -0.25) is 0 Å². The first-order valence-corrected chi connectivity index (χ1v) is 7.09. The van der Waals surface area contributed by atoms with Gasteiger partial charge < -0.3 is 15.8 Å². The number of benzene rings is 1. The molecule has 3 N–H and O–H groups in total. The van der Waals surface area contributed by atoms with Crippen LogP contribution in [0.2, 0.25) is 0 Å². The molecule has 2 unspecified atom stereocenters. The van der Waals surface area contributed by atoms with Gasteiger partial charge in [0, 0.05) is 17.9 Å². The molecule has 0 spiro atoms. The molecule has 0 amide bonds. The summed E-state index contributed by atoms with van der Waals surface area (Å²) < 4.78 is 19.0. The predicted molar refractivity (Wildman–Crippen MR) is 74.9 cm³/mol. The van der Waals surface area contributed by atoms with Gasteiger partial charge in [-0.15, -0.1) is 0 Å². The molecule has 0 saturated carbocycles. The maximum atomic E-state index is 13.8. The number of rotatable bonds is 4. The van der Waals surface area contributed by atoms with Gasteiger partial charge in [-0.2, -0.15) is 11.8 Å². The molecule has 3 nitrogen and oxygen atoms in total. The minimum absolute atomic E-state index is 0.224. The lowest BCUT2D eigenvalue weighted by Crippen LogP contribution is -2.50. The smallest absolute Gasteiger partial charge is 0.146 e. The van der Waals surface area contributed by atoms with Gasteiger partial charge >= 0.3 is 0 Å². The third kappa shape index (κ3) is 2.42. The molecular formula is C13H19FN2OS. The highest BCUT2D eigenvalue weighted by molar-refractivity contribution is 8.00. The van der Waals surface area contributed by atoms with Crippen LogP contribution < -0.4 is 15.8 Å². The van der Waals surface area contributed by atoms with Crippen LogP contribution in [0.25, 0.3) is 0 Å². The summed E-state index contributed by atoms with van der Waals surface area (Å²) in [5.74, 6) is 1.42. The van der Waals surface area contributed by atoms with Crippen molar-refractivity contribution < 1.29 is 9.13 Å². The van der Waals surface area contributed by atoms with Crippen molar-refractivity contribution in [2.24, 2.45) is 5.73 Å². The Morgan fingerprint density at radius 3 is 2.94 bits per heavy atom. The van der Waals surface area contributed by atoms with E-state index in [9.17, 15) is 4.39 Å². The molecule has 1 fully saturated rings. The summed E-state index contributed by atoms with van der Waals surface area (Å²) in [6.07, 6.45) is 0.950. The molecule has 0 aromatic heterocycles. The largest absolute Gasteiger partial charge is 0.497 e. The molecule has 1 aliphatic rings. The number of halogens is 1. The van der Waals surface area contributed by atoms with Gasteiger partial charge in [-0.05, 0) is 24.3 Å². The lowest BCUT2D eigenvalue weighted by molar-refractivity contribution is 0.413. The van der Waals surface area contributed by atoms with Crippen LogP contribution >= 0.6 is 11.8 Å². The van der Waals surface area contributed by atoms with E-state index in [1.165, 1.54) is 6.07 Å². The molecule has 1 aliphatic heterocycles. The minimum atomic E-state index is -0.271. The van der Waals surface area contributed by atoms with Crippen molar-refractivity contribution in [1.82, 2.24) is 0 Å². The molecule has 1 aromatic rings. The zero-order valence-corrected chi connectivity index (χ0v) is 11.5. The summed E-state index contributed by atoms with van der Waals surface area (Å²) in [5.41, 5.74) is 6.14. The van der Waals surface area contributed by atoms with Crippen LogP contribution in [-0.2, 0) is 0 Å². The van der Waals surface area contributed by atoms with Crippen LogP contribution in [0.15, 0.2) is 18.2 Å². The molecule has 18 heavy (non-hydrogen) atoms. The number of hydrogen-bond acceptors (Lipinski definition) is 4. The fourth-order valence-electron chi connectivity index (χ4n) is 2.26. The van der Waals surface area contributed by atoms with E-state index in [4.69, 9.17) is 10.5 Å². The summed E-state index contributed by atoms with van der Waals surface area (Å²) in [6, 6.07) is 4.71. The summed E-state index contributed by atoms with van der Waals surface area (Å²) in [5, 5.41) is 3.66. The van der Waals surface area contributed by atoms with Crippen LogP contribution in [0.1, 0.15) is 13.3 Å². The lowest BCUT2D eigenvalue weighted by Gasteiger charge is -2.34. The Kier molecular flexibility index (Phi) is 4.02. The number of nitrogens with two attached hydrogens (primary N) is 1. The number of nitrogens with one attached hydrogen (secondary N) is 1. The lowest BCUT2D eigenvalue weighted by atomic mass is 9.92. The average molecular weight is 270 g/mol. The normalized spacial score (nSPS) is 27.2. The molecule has 2 atom stereocenters. The summed E-state index contributed by atoms with van der Waals surface area (Å²) in [7, 11) is 1.57. The summed E-state index contributed by atoms with van der Waals surface area (Å²) in [6.45, 7) is 2.63.